The normalized spacial score (nSPS) is 10.5. The third-order valence-electron chi connectivity index (χ3n) is 2.73. The SMILES string of the molecule is CCN(CCCBr)C(=O)c1c(F)ccc(C)c1F. The van der Waals surface area contributed by atoms with Crippen LogP contribution in [0.1, 0.15) is 29.3 Å². The quantitative estimate of drug-likeness (QED) is 0.760. The molecule has 0 saturated carbocycles. The first-order valence-electron chi connectivity index (χ1n) is 5.82. The third-order valence-corrected chi connectivity index (χ3v) is 3.29. The highest BCUT2D eigenvalue weighted by molar-refractivity contribution is 9.09. The van der Waals surface area contributed by atoms with Gasteiger partial charge in [0.05, 0.1) is 0 Å². The second-order valence-electron chi connectivity index (χ2n) is 3.98. The number of alkyl halides is 1. The Morgan fingerprint density at radius 3 is 2.61 bits per heavy atom. The maximum atomic E-state index is 13.8. The smallest absolute Gasteiger partial charge is 0.259 e. The predicted octanol–water partition coefficient (Wildman–Crippen LogP) is 3.52. The average Bonchev–Trinajstić information content (AvgIpc) is 2.35. The molecule has 0 N–H and O–H groups in total. The second kappa shape index (κ2) is 6.83. The molecule has 0 fully saturated rings. The Kier molecular flexibility index (Phi) is 5.72. The summed E-state index contributed by atoms with van der Waals surface area (Å²) >= 11 is 3.27. The van der Waals surface area contributed by atoms with Gasteiger partial charge in [0.25, 0.3) is 5.91 Å². The van der Waals surface area contributed by atoms with E-state index in [9.17, 15) is 13.6 Å². The van der Waals surface area contributed by atoms with Crippen molar-refractivity contribution < 1.29 is 13.6 Å². The summed E-state index contributed by atoms with van der Waals surface area (Å²) in [6.07, 6.45) is 0.745. The van der Waals surface area contributed by atoms with Crippen LogP contribution in [0.3, 0.4) is 0 Å². The number of aryl methyl sites for hydroxylation is 1. The number of carbonyl (C=O) groups excluding carboxylic acids is 1. The van der Waals surface area contributed by atoms with Crippen molar-refractivity contribution in [2.24, 2.45) is 0 Å². The van der Waals surface area contributed by atoms with Gasteiger partial charge >= 0.3 is 0 Å². The third kappa shape index (κ3) is 3.28. The summed E-state index contributed by atoms with van der Waals surface area (Å²) in [6, 6.07) is 2.46. The highest BCUT2D eigenvalue weighted by atomic mass is 79.9. The van der Waals surface area contributed by atoms with E-state index in [0.29, 0.717) is 13.1 Å². The number of rotatable bonds is 5. The molecule has 0 radical (unpaired) electrons. The van der Waals surface area contributed by atoms with Crippen molar-refractivity contribution in [2.45, 2.75) is 20.3 Å². The number of benzene rings is 1. The number of hydrogen-bond acceptors (Lipinski definition) is 1. The van der Waals surface area contributed by atoms with Crippen molar-refractivity contribution >= 4 is 21.8 Å². The van der Waals surface area contributed by atoms with Gasteiger partial charge in [-0.25, -0.2) is 8.78 Å². The first-order valence-corrected chi connectivity index (χ1v) is 6.94. The number of hydrogen-bond donors (Lipinski definition) is 0. The minimum atomic E-state index is -0.805. The van der Waals surface area contributed by atoms with Crippen molar-refractivity contribution in [1.82, 2.24) is 4.90 Å². The maximum Gasteiger partial charge on any atom is 0.259 e. The number of carbonyl (C=O) groups is 1. The van der Waals surface area contributed by atoms with Crippen LogP contribution in [0.2, 0.25) is 0 Å². The molecule has 0 aromatic heterocycles. The van der Waals surface area contributed by atoms with Gasteiger partial charge < -0.3 is 4.90 Å². The molecule has 0 spiro atoms. The van der Waals surface area contributed by atoms with Gasteiger partial charge in [0, 0.05) is 18.4 Å². The summed E-state index contributed by atoms with van der Waals surface area (Å²) in [6.45, 7) is 4.21. The molecule has 100 valence electrons. The van der Waals surface area contributed by atoms with Crippen molar-refractivity contribution in [3.8, 4) is 0 Å². The van der Waals surface area contributed by atoms with Crippen LogP contribution in [0, 0.1) is 18.6 Å². The minimum Gasteiger partial charge on any atom is -0.339 e. The highest BCUT2D eigenvalue weighted by Crippen LogP contribution is 2.18. The molecule has 0 aliphatic carbocycles. The molecule has 0 heterocycles. The van der Waals surface area contributed by atoms with Crippen molar-refractivity contribution in [1.29, 1.82) is 0 Å². The summed E-state index contributed by atoms with van der Waals surface area (Å²) in [5.74, 6) is -2.16. The van der Waals surface area contributed by atoms with E-state index in [1.165, 1.54) is 17.9 Å². The maximum absolute atomic E-state index is 13.8. The first kappa shape index (κ1) is 15.1. The molecule has 0 saturated heterocycles. The fourth-order valence-electron chi connectivity index (χ4n) is 1.66. The van der Waals surface area contributed by atoms with Gasteiger partial charge in [-0.05, 0) is 31.9 Å². The zero-order valence-corrected chi connectivity index (χ0v) is 12.1. The monoisotopic (exact) mass is 319 g/mol. The first-order chi connectivity index (χ1) is 8.52. The standard InChI is InChI=1S/C13H16BrF2NO/c1-3-17(8-4-7-14)13(18)11-10(15)6-5-9(2)12(11)16/h5-6H,3-4,7-8H2,1-2H3. The summed E-state index contributed by atoms with van der Waals surface area (Å²) in [5, 5.41) is 0.746. The zero-order valence-electron chi connectivity index (χ0n) is 10.5. The lowest BCUT2D eigenvalue weighted by atomic mass is 10.1. The van der Waals surface area contributed by atoms with Gasteiger partial charge in [0.1, 0.15) is 17.2 Å². The molecule has 0 bridgehead atoms. The number of amides is 1. The van der Waals surface area contributed by atoms with Gasteiger partial charge in [-0.3, -0.25) is 4.79 Å². The average molecular weight is 320 g/mol. The van der Waals surface area contributed by atoms with Crippen molar-refractivity contribution in [2.75, 3.05) is 18.4 Å². The summed E-state index contributed by atoms with van der Waals surface area (Å²) in [5.41, 5.74) is -0.178. The zero-order chi connectivity index (χ0) is 13.7. The Labute approximate surface area is 114 Å². The Balaban J connectivity index is 3.05. The van der Waals surface area contributed by atoms with Crippen LogP contribution in [-0.2, 0) is 0 Å². The fraction of sp³-hybridized carbons (Fsp3) is 0.462. The van der Waals surface area contributed by atoms with E-state index in [0.717, 1.165) is 17.8 Å². The van der Waals surface area contributed by atoms with Gasteiger partial charge in [-0.15, -0.1) is 0 Å². The van der Waals surface area contributed by atoms with Crippen LogP contribution in [0.25, 0.3) is 0 Å². The van der Waals surface area contributed by atoms with E-state index in [-0.39, 0.29) is 5.56 Å². The predicted molar refractivity (Wildman–Crippen MR) is 71.1 cm³/mol. The molecule has 0 atom stereocenters. The molecule has 0 aliphatic heterocycles. The summed E-state index contributed by atoms with van der Waals surface area (Å²) in [4.78, 5) is 13.6. The van der Waals surface area contributed by atoms with E-state index in [2.05, 4.69) is 15.9 Å². The van der Waals surface area contributed by atoms with E-state index >= 15 is 0 Å². The summed E-state index contributed by atoms with van der Waals surface area (Å²) in [7, 11) is 0. The minimum absolute atomic E-state index is 0.274. The largest absolute Gasteiger partial charge is 0.339 e. The van der Waals surface area contributed by atoms with Gasteiger partial charge in [0.15, 0.2) is 0 Å². The van der Waals surface area contributed by atoms with Crippen LogP contribution in [0.4, 0.5) is 8.78 Å². The van der Waals surface area contributed by atoms with E-state index < -0.39 is 23.1 Å². The van der Waals surface area contributed by atoms with Crippen molar-refractivity contribution in [3.63, 3.8) is 0 Å². The molecule has 1 amide bonds. The van der Waals surface area contributed by atoms with Crippen LogP contribution in [0.5, 0.6) is 0 Å². The molecule has 0 unspecified atom stereocenters. The van der Waals surface area contributed by atoms with Crippen LogP contribution in [0.15, 0.2) is 12.1 Å². The molecule has 2 nitrogen and oxygen atoms in total. The molecule has 1 aromatic rings. The number of halogens is 3. The molecule has 1 aromatic carbocycles. The Morgan fingerprint density at radius 2 is 2.06 bits per heavy atom. The van der Waals surface area contributed by atoms with Crippen LogP contribution >= 0.6 is 15.9 Å². The molecular formula is C13H16BrF2NO. The summed E-state index contributed by atoms with van der Waals surface area (Å²) < 4.78 is 27.4. The molecule has 18 heavy (non-hydrogen) atoms. The Hall–Kier alpha value is -0.970. The molecule has 1 rings (SSSR count). The Bertz CT molecular complexity index is 437. The van der Waals surface area contributed by atoms with E-state index in [1.807, 2.05) is 0 Å². The van der Waals surface area contributed by atoms with Crippen molar-refractivity contribution in [3.05, 3.63) is 34.9 Å². The van der Waals surface area contributed by atoms with Gasteiger partial charge in [-0.1, -0.05) is 22.0 Å². The number of nitrogens with zero attached hydrogens (tertiary/aromatic N) is 1. The topological polar surface area (TPSA) is 20.3 Å². The lowest BCUT2D eigenvalue weighted by Crippen LogP contribution is -2.33. The van der Waals surface area contributed by atoms with E-state index in [1.54, 1.807) is 6.92 Å². The Morgan fingerprint density at radius 1 is 1.39 bits per heavy atom. The van der Waals surface area contributed by atoms with Crippen LogP contribution in [-0.4, -0.2) is 29.2 Å². The van der Waals surface area contributed by atoms with Gasteiger partial charge in [0.2, 0.25) is 0 Å². The molecule has 5 heteroatoms. The lowest BCUT2D eigenvalue weighted by Gasteiger charge is -2.21. The van der Waals surface area contributed by atoms with E-state index in [4.69, 9.17) is 0 Å². The molecular weight excluding hydrogens is 304 g/mol. The lowest BCUT2D eigenvalue weighted by molar-refractivity contribution is 0.0755. The van der Waals surface area contributed by atoms with Gasteiger partial charge in [-0.2, -0.15) is 0 Å². The highest BCUT2D eigenvalue weighted by Gasteiger charge is 2.23. The molecule has 0 aliphatic rings. The van der Waals surface area contributed by atoms with Crippen LogP contribution < -0.4 is 0 Å². The second-order valence-corrected chi connectivity index (χ2v) is 4.77. The fourth-order valence-corrected chi connectivity index (χ4v) is 1.92.